The summed E-state index contributed by atoms with van der Waals surface area (Å²) < 4.78 is 12.8. The van der Waals surface area contributed by atoms with Gasteiger partial charge in [-0.15, -0.1) is 0 Å². The number of hydrogen-bond acceptors (Lipinski definition) is 1. The highest BCUT2D eigenvalue weighted by molar-refractivity contribution is 7.80. The van der Waals surface area contributed by atoms with Crippen LogP contribution in [0.2, 0.25) is 0 Å². The van der Waals surface area contributed by atoms with E-state index in [4.69, 9.17) is 12.2 Å². The van der Waals surface area contributed by atoms with Crippen molar-refractivity contribution in [1.29, 1.82) is 0 Å². The van der Waals surface area contributed by atoms with Crippen LogP contribution in [0.1, 0.15) is 38.7 Å². The lowest BCUT2D eigenvalue weighted by molar-refractivity contribution is 0.224. The van der Waals surface area contributed by atoms with Crippen LogP contribution in [0.15, 0.2) is 24.3 Å². The Morgan fingerprint density at radius 3 is 2.65 bits per heavy atom. The van der Waals surface area contributed by atoms with E-state index in [9.17, 15) is 4.39 Å². The average Bonchev–Trinajstić information content (AvgIpc) is 2.43. The predicted octanol–water partition coefficient (Wildman–Crippen LogP) is 3.61. The highest BCUT2D eigenvalue weighted by Gasteiger charge is 2.27. The van der Waals surface area contributed by atoms with E-state index in [1.54, 1.807) is 12.1 Å². The van der Waals surface area contributed by atoms with Crippen LogP contribution in [0.4, 0.5) is 4.39 Å². The number of rotatable bonds is 3. The molecule has 0 heterocycles. The Labute approximate surface area is 126 Å². The van der Waals surface area contributed by atoms with E-state index in [1.165, 1.54) is 31.4 Å². The first kappa shape index (κ1) is 15.2. The molecule has 20 heavy (non-hydrogen) atoms. The Bertz CT molecular complexity index is 446. The van der Waals surface area contributed by atoms with Gasteiger partial charge in [-0.1, -0.05) is 38.8 Å². The molecule has 110 valence electrons. The Morgan fingerprint density at radius 1 is 1.25 bits per heavy atom. The highest BCUT2D eigenvalue weighted by atomic mass is 32.1. The Balaban J connectivity index is 1.79. The van der Waals surface area contributed by atoms with Gasteiger partial charge in [0.05, 0.1) is 0 Å². The van der Waals surface area contributed by atoms with Crippen molar-refractivity contribution in [2.24, 2.45) is 11.8 Å². The van der Waals surface area contributed by atoms with Gasteiger partial charge in [0.15, 0.2) is 5.11 Å². The molecule has 0 aromatic heterocycles. The van der Waals surface area contributed by atoms with Gasteiger partial charge in [-0.2, -0.15) is 0 Å². The second-order valence-electron chi connectivity index (χ2n) is 5.83. The van der Waals surface area contributed by atoms with Crippen LogP contribution in [0.5, 0.6) is 0 Å². The summed E-state index contributed by atoms with van der Waals surface area (Å²) in [4.78, 5) is 0. The average molecular weight is 294 g/mol. The third-order valence-electron chi connectivity index (χ3n) is 4.39. The molecule has 2 N–H and O–H groups in total. The van der Waals surface area contributed by atoms with Crippen LogP contribution in [-0.4, -0.2) is 11.2 Å². The number of thiocarbonyl (C=S) groups is 1. The molecule has 0 aliphatic heterocycles. The van der Waals surface area contributed by atoms with E-state index in [0.717, 1.165) is 11.5 Å². The fourth-order valence-corrected chi connectivity index (χ4v) is 3.01. The summed E-state index contributed by atoms with van der Waals surface area (Å²) in [6.45, 7) is 5.24. The van der Waals surface area contributed by atoms with Crippen molar-refractivity contribution < 1.29 is 4.39 Å². The molecule has 0 spiro atoms. The zero-order valence-corrected chi connectivity index (χ0v) is 13.0. The van der Waals surface area contributed by atoms with Gasteiger partial charge < -0.3 is 10.6 Å². The molecule has 3 atom stereocenters. The molecule has 1 fully saturated rings. The third-order valence-corrected chi connectivity index (χ3v) is 4.65. The van der Waals surface area contributed by atoms with Crippen molar-refractivity contribution in [2.75, 3.05) is 0 Å². The largest absolute Gasteiger partial charge is 0.360 e. The SMILES string of the molecule is C[C@@H]1[C@H](C)CCC[C@H]1NC(=S)NCc1ccc(F)cc1. The number of benzene rings is 1. The van der Waals surface area contributed by atoms with E-state index >= 15 is 0 Å². The summed E-state index contributed by atoms with van der Waals surface area (Å²) >= 11 is 5.36. The standard InChI is InChI=1S/C16H23FN2S/c1-11-4-3-5-15(12(11)2)19-16(20)18-10-13-6-8-14(17)9-7-13/h6-9,11-12,15H,3-5,10H2,1-2H3,(H2,18,19,20)/t11-,12-,15-/m1/s1. The van der Waals surface area contributed by atoms with Crippen molar-refractivity contribution in [1.82, 2.24) is 10.6 Å². The lowest BCUT2D eigenvalue weighted by atomic mass is 9.78. The van der Waals surface area contributed by atoms with E-state index in [0.29, 0.717) is 23.6 Å². The monoisotopic (exact) mass is 294 g/mol. The second kappa shape index (κ2) is 7.02. The van der Waals surface area contributed by atoms with Crippen LogP contribution in [0, 0.1) is 17.7 Å². The van der Waals surface area contributed by atoms with Gasteiger partial charge in [0.1, 0.15) is 5.82 Å². The van der Waals surface area contributed by atoms with Crippen LogP contribution in [0.3, 0.4) is 0 Å². The quantitative estimate of drug-likeness (QED) is 0.833. The molecule has 0 saturated heterocycles. The molecule has 2 nitrogen and oxygen atoms in total. The normalized spacial score (nSPS) is 26.1. The van der Waals surface area contributed by atoms with Gasteiger partial charge in [0.25, 0.3) is 0 Å². The van der Waals surface area contributed by atoms with E-state index in [2.05, 4.69) is 24.5 Å². The summed E-state index contributed by atoms with van der Waals surface area (Å²) in [5, 5.41) is 7.32. The van der Waals surface area contributed by atoms with Crippen molar-refractivity contribution in [3.63, 3.8) is 0 Å². The van der Waals surface area contributed by atoms with Crippen molar-refractivity contribution in [3.05, 3.63) is 35.6 Å². The van der Waals surface area contributed by atoms with Gasteiger partial charge in [0.2, 0.25) is 0 Å². The third kappa shape index (κ3) is 4.17. The first-order valence-electron chi connectivity index (χ1n) is 7.35. The molecular formula is C16H23FN2S. The minimum Gasteiger partial charge on any atom is -0.360 e. The van der Waals surface area contributed by atoms with Gasteiger partial charge in [-0.25, -0.2) is 4.39 Å². The molecule has 1 aliphatic carbocycles. The Hall–Kier alpha value is -1.16. The molecular weight excluding hydrogens is 271 g/mol. The molecule has 1 aromatic rings. The van der Waals surface area contributed by atoms with E-state index in [-0.39, 0.29) is 5.82 Å². The summed E-state index contributed by atoms with van der Waals surface area (Å²) in [5.41, 5.74) is 1.03. The zero-order chi connectivity index (χ0) is 14.5. The number of halogens is 1. The predicted molar refractivity (Wildman–Crippen MR) is 84.9 cm³/mol. The van der Waals surface area contributed by atoms with Gasteiger partial charge in [0, 0.05) is 12.6 Å². The fourth-order valence-electron chi connectivity index (χ4n) is 2.79. The minimum atomic E-state index is -0.209. The fraction of sp³-hybridized carbons (Fsp3) is 0.562. The topological polar surface area (TPSA) is 24.1 Å². The zero-order valence-electron chi connectivity index (χ0n) is 12.2. The summed E-state index contributed by atoms with van der Waals surface area (Å²) in [5.74, 6) is 1.19. The van der Waals surface area contributed by atoms with Gasteiger partial charge in [-0.05, 0) is 48.2 Å². The molecule has 0 bridgehead atoms. The maximum Gasteiger partial charge on any atom is 0.166 e. The second-order valence-corrected chi connectivity index (χ2v) is 6.24. The lowest BCUT2D eigenvalue weighted by Crippen LogP contribution is -2.47. The molecule has 1 aromatic carbocycles. The number of hydrogen-bond donors (Lipinski definition) is 2. The minimum absolute atomic E-state index is 0.209. The molecule has 1 aliphatic rings. The van der Waals surface area contributed by atoms with Gasteiger partial charge in [-0.3, -0.25) is 0 Å². The molecule has 2 rings (SSSR count). The number of nitrogens with one attached hydrogen (secondary N) is 2. The highest BCUT2D eigenvalue weighted by Crippen LogP contribution is 2.29. The van der Waals surface area contributed by atoms with E-state index < -0.39 is 0 Å². The van der Waals surface area contributed by atoms with E-state index in [1.807, 2.05) is 0 Å². The molecule has 0 unspecified atom stereocenters. The summed E-state index contributed by atoms with van der Waals surface area (Å²) in [7, 11) is 0. The first-order chi connectivity index (χ1) is 9.56. The lowest BCUT2D eigenvalue weighted by Gasteiger charge is -2.35. The van der Waals surface area contributed by atoms with Crippen LogP contribution >= 0.6 is 12.2 Å². The first-order valence-corrected chi connectivity index (χ1v) is 7.76. The molecule has 1 saturated carbocycles. The maximum atomic E-state index is 12.8. The van der Waals surface area contributed by atoms with Crippen molar-refractivity contribution >= 4 is 17.3 Å². The smallest absolute Gasteiger partial charge is 0.166 e. The Kier molecular flexibility index (Phi) is 5.35. The van der Waals surface area contributed by atoms with Gasteiger partial charge >= 0.3 is 0 Å². The summed E-state index contributed by atoms with van der Waals surface area (Å²) in [6.07, 6.45) is 3.77. The molecule has 0 radical (unpaired) electrons. The summed E-state index contributed by atoms with van der Waals surface area (Å²) in [6, 6.07) is 6.95. The molecule has 4 heteroatoms. The van der Waals surface area contributed by atoms with Crippen molar-refractivity contribution in [2.45, 2.75) is 45.7 Å². The molecule has 0 amide bonds. The van der Waals surface area contributed by atoms with Crippen LogP contribution < -0.4 is 10.6 Å². The Morgan fingerprint density at radius 2 is 1.95 bits per heavy atom. The van der Waals surface area contributed by atoms with Crippen LogP contribution in [-0.2, 0) is 6.54 Å². The van der Waals surface area contributed by atoms with Crippen LogP contribution in [0.25, 0.3) is 0 Å². The van der Waals surface area contributed by atoms with Crippen molar-refractivity contribution in [3.8, 4) is 0 Å². The maximum absolute atomic E-state index is 12.8.